The third-order valence-electron chi connectivity index (χ3n) is 3.25. The van der Waals surface area contributed by atoms with Gasteiger partial charge in [-0.1, -0.05) is 6.07 Å². The van der Waals surface area contributed by atoms with E-state index in [1.54, 1.807) is 0 Å². The van der Waals surface area contributed by atoms with Crippen LogP contribution in [0.2, 0.25) is 0 Å². The first kappa shape index (κ1) is 14.4. The van der Waals surface area contributed by atoms with E-state index >= 15 is 0 Å². The number of hydrogen-bond donors (Lipinski definition) is 1. The number of amides is 1. The molecule has 1 fully saturated rings. The predicted octanol–water partition coefficient (Wildman–Crippen LogP) is 2.32. The molecule has 20 heavy (non-hydrogen) atoms. The second-order valence-electron chi connectivity index (χ2n) is 4.85. The number of aliphatic carboxylic acids is 1. The molecular weight excluding hydrogens is 268 g/mol. The molecule has 0 spiro atoms. The van der Waals surface area contributed by atoms with Crippen LogP contribution in [0.25, 0.3) is 0 Å². The lowest BCUT2D eigenvalue weighted by molar-refractivity contribution is -0.141. The molecule has 1 aromatic rings. The zero-order valence-corrected chi connectivity index (χ0v) is 10.8. The predicted molar refractivity (Wildman–Crippen MR) is 66.8 cm³/mol. The summed E-state index contributed by atoms with van der Waals surface area (Å²) < 4.78 is 27.2. The first-order valence-corrected chi connectivity index (χ1v) is 6.43. The van der Waals surface area contributed by atoms with Gasteiger partial charge in [-0.25, -0.2) is 8.78 Å². The van der Waals surface area contributed by atoms with Crippen molar-refractivity contribution in [2.24, 2.45) is 0 Å². The van der Waals surface area contributed by atoms with Crippen LogP contribution in [0.15, 0.2) is 18.2 Å². The summed E-state index contributed by atoms with van der Waals surface area (Å²) in [6.07, 6.45) is 1.15. The second-order valence-corrected chi connectivity index (χ2v) is 4.85. The van der Waals surface area contributed by atoms with Crippen molar-refractivity contribution in [1.29, 1.82) is 0 Å². The fourth-order valence-electron chi connectivity index (χ4n) is 2.02. The van der Waals surface area contributed by atoms with Gasteiger partial charge >= 0.3 is 5.97 Å². The van der Waals surface area contributed by atoms with E-state index in [9.17, 15) is 18.4 Å². The second kappa shape index (κ2) is 5.98. The maximum Gasteiger partial charge on any atom is 0.303 e. The average Bonchev–Trinajstić information content (AvgIpc) is 3.20. The summed E-state index contributed by atoms with van der Waals surface area (Å²) in [4.78, 5) is 23.8. The number of nitrogens with zero attached hydrogens (tertiary/aromatic N) is 1. The van der Waals surface area contributed by atoms with Crippen molar-refractivity contribution in [2.75, 3.05) is 0 Å². The summed E-state index contributed by atoms with van der Waals surface area (Å²) >= 11 is 0. The van der Waals surface area contributed by atoms with E-state index in [4.69, 9.17) is 5.11 Å². The monoisotopic (exact) mass is 283 g/mol. The largest absolute Gasteiger partial charge is 0.481 e. The average molecular weight is 283 g/mol. The molecule has 6 heteroatoms. The Morgan fingerprint density at radius 2 is 1.80 bits per heavy atom. The molecule has 1 aromatic carbocycles. The molecule has 0 saturated heterocycles. The molecule has 2 rings (SSSR count). The SMILES string of the molecule is O=C(O)CCC(=O)N(Cc1c(F)cccc1F)C1CC1. The van der Waals surface area contributed by atoms with E-state index in [2.05, 4.69) is 0 Å². The summed E-state index contributed by atoms with van der Waals surface area (Å²) in [5.74, 6) is -2.83. The van der Waals surface area contributed by atoms with Crippen molar-refractivity contribution in [3.05, 3.63) is 35.4 Å². The molecular formula is C14H15F2NO3. The normalized spacial score (nSPS) is 14.1. The van der Waals surface area contributed by atoms with Crippen molar-refractivity contribution in [3.63, 3.8) is 0 Å². The summed E-state index contributed by atoms with van der Waals surface area (Å²) in [7, 11) is 0. The van der Waals surface area contributed by atoms with Crippen LogP contribution in [-0.4, -0.2) is 27.9 Å². The Kier molecular flexibility index (Phi) is 4.32. The Balaban J connectivity index is 2.10. The molecule has 1 aliphatic rings. The molecule has 0 aromatic heterocycles. The lowest BCUT2D eigenvalue weighted by Gasteiger charge is -2.23. The molecule has 1 aliphatic carbocycles. The molecule has 4 nitrogen and oxygen atoms in total. The van der Waals surface area contributed by atoms with Gasteiger partial charge in [0.15, 0.2) is 0 Å². The minimum atomic E-state index is -1.06. The molecule has 0 unspecified atom stereocenters. The Hall–Kier alpha value is -1.98. The van der Waals surface area contributed by atoms with E-state index in [0.717, 1.165) is 25.0 Å². The number of carboxylic acids is 1. The highest BCUT2D eigenvalue weighted by molar-refractivity contribution is 5.81. The fourth-order valence-corrected chi connectivity index (χ4v) is 2.02. The zero-order chi connectivity index (χ0) is 14.7. The molecule has 0 atom stereocenters. The number of hydrogen-bond acceptors (Lipinski definition) is 2. The minimum Gasteiger partial charge on any atom is -0.481 e. The van der Waals surface area contributed by atoms with E-state index in [1.807, 2.05) is 0 Å². The highest BCUT2D eigenvalue weighted by Crippen LogP contribution is 2.30. The summed E-state index contributed by atoms with van der Waals surface area (Å²) in [6.45, 7) is -0.151. The van der Waals surface area contributed by atoms with Crippen molar-refractivity contribution >= 4 is 11.9 Å². The molecule has 0 radical (unpaired) electrons. The van der Waals surface area contributed by atoms with Gasteiger partial charge in [-0.05, 0) is 25.0 Å². The smallest absolute Gasteiger partial charge is 0.303 e. The maximum absolute atomic E-state index is 13.6. The van der Waals surface area contributed by atoms with Crippen LogP contribution >= 0.6 is 0 Å². The van der Waals surface area contributed by atoms with Crippen molar-refractivity contribution in [2.45, 2.75) is 38.3 Å². The van der Waals surface area contributed by atoms with Crippen LogP contribution in [-0.2, 0) is 16.1 Å². The first-order valence-electron chi connectivity index (χ1n) is 6.43. The minimum absolute atomic E-state index is 0.0321. The number of carboxylic acid groups (broad SMARTS) is 1. The maximum atomic E-state index is 13.6. The van der Waals surface area contributed by atoms with Gasteiger partial charge in [0.2, 0.25) is 5.91 Å². The number of benzene rings is 1. The third kappa shape index (κ3) is 3.53. The molecule has 1 amide bonds. The van der Waals surface area contributed by atoms with Gasteiger partial charge in [-0.2, -0.15) is 0 Å². The van der Waals surface area contributed by atoms with Crippen LogP contribution < -0.4 is 0 Å². The summed E-state index contributed by atoms with van der Waals surface area (Å²) in [6, 6.07) is 3.52. The molecule has 1 saturated carbocycles. The number of carbonyl (C=O) groups is 2. The Bertz CT molecular complexity index is 509. The van der Waals surface area contributed by atoms with Crippen LogP contribution in [0.5, 0.6) is 0 Å². The summed E-state index contributed by atoms with van der Waals surface area (Å²) in [5.41, 5.74) is -0.150. The fraction of sp³-hybridized carbons (Fsp3) is 0.429. The van der Waals surface area contributed by atoms with Crippen molar-refractivity contribution in [1.82, 2.24) is 4.90 Å². The van der Waals surface area contributed by atoms with E-state index in [-0.39, 0.29) is 36.9 Å². The topological polar surface area (TPSA) is 57.6 Å². The Morgan fingerprint density at radius 3 is 2.30 bits per heavy atom. The van der Waals surface area contributed by atoms with Gasteiger partial charge < -0.3 is 10.0 Å². The van der Waals surface area contributed by atoms with Crippen molar-refractivity contribution in [3.8, 4) is 0 Å². The van der Waals surface area contributed by atoms with Crippen LogP contribution in [0.1, 0.15) is 31.2 Å². The Labute approximate surface area is 115 Å². The van der Waals surface area contributed by atoms with Gasteiger partial charge in [0, 0.05) is 18.0 Å². The Morgan fingerprint density at radius 1 is 1.20 bits per heavy atom. The highest BCUT2D eigenvalue weighted by Gasteiger charge is 2.33. The van der Waals surface area contributed by atoms with Gasteiger partial charge in [-0.15, -0.1) is 0 Å². The quantitative estimate of drug-likeness (QED) is 0.871. The number of rotatable bonds is 6. The lowest BCUT2D eigenvalue weighted by Crippen LogP contribution is -2.33. The van der Waals surface area contributed by atoms with Crippen molar-refractivity contribution < 1.29 is 23.5 Å². The van der Waals surface area contributed by atoms with E-state index in [1.165, 1.54) is 11.0 Å². The molecule has 108 valence electrons. The van der Waals surface area contributed by atoms with E-state index < -0.39 is 17.6 Å². The zero-order valence-electron chi connectivity index (χ0n) is 10.8. The summed E-state index contributed by atoms with van der Waals surface area (Å²) in [5, 5.41) is 8.59. The van der Waals surface area contributed by atoms with Gasteiger partial charge in [0.25, 0.3) is 0 Å². The highest BCUT2D eigenvalue weighted by atomic mass is 19.1. The third-order valence-corrected chi connectivity index (χ3v) is 3.25. The first-order chi connectivity index (χ1) is 9.49. The number of carbonyl (C=O) groups excluding carboxylic acids is 1. The number of halogens is 2. The van der Waals surface area contributed by atoms with Crippen LogP contribution in [0.3, 0.4) is 0 Å². The van der Waals surface area contributed by atoms with Gasteiger partial charge in [0.1, 0.15) is 11.6 Å². The van der Waals surface area contributed by atoms with Gasteiger partial charge in [0.05, 0.1) is 13.0 Å². The van der Waals surface area contributed by atoms with Gasteiger partial charge in [-0.3, -0.25) is 9.59 Å². The lowest BCUT2D eigenvalue weighted by atomic mass is 10.1. The molecule has 0 aliphatic heterocycles. The standard InChI is InChI=1S/C14H15F2NO3/c15-11-2-1-3-12(16)10(11)8-17(9-4-5-9)13(18)6-7-14(19)20/h1-3,9H,4-8H2,(H,19,20). The molecule has 1 N–H and O–H groups in total. The molecule has 0 bridgehead atoms. The van der Waals surface area contributed by atoms with E-state index in [0.29, 0.717) is 0 Å². The van der Waals surface area contributed by atoms with Crippen LogP contribution in [0.4, 0.5) is 8.78 Å². The molecule has 0 heterocycles. The van der Waals surface area contributed by atoms with Crippen LogP contribution in [0, 0.1) is 11.6 Å².